The van der Waals surface area contributed by atoms with E-state index in [4.69, 9.17) is 0 Å². The molecule has 1 saturated carbocycles. The normalized spacial score (nSPS) is 13.6. The molecule has 1 aromatic heterocycles. The molecule has 1 fully saturated rings. The number of carbonyl (C=O) groups is 2. The third kappa shape index (κ3) is 6.59. The van der Waals surface area contributed by atoms with E-state index >= 15 is 0 Å². The van der Waals surface area contributed by atoms with E-state index < -0.39 is 6.03 Å². The van der Waals surface area contributed by atoms with Crippen molar-refractivity contribution >= 4 is 63.2 Å². The number of anilines is 3. The quantitative estimate of drug-likeness (QED) is 0.226. The van der Waals surface area contributed by atoms with E-state index in [9.17, 15) is 9.59 Å². The minimum absolute atomic E-state index is 0.0313. The van der Waals surface area contributed by atoms with Gasteiger partial charge >= 0.3 is 6.03 Å². The first-order chi connectivity index (χ1) is 16.9. The first-order valence-corrected chi connectivity index (χ1v) is 14.6. The van der Waals surface area contributed by atoms with E-state index in [0.717, 1.165) is 47.0 Å². The number of nitrogens with zero attached hydrogens (tertiary/aromatic N) is 2. The molecule has 2 N–H and O–H groups in total. The van der Waals surface area contributed by atoms with Crippen LogP contribution in [0.25, 0.3) is 0 Å². The summed E-state index contributed by atoms with van der Waals surface area (Å²) >= 11 is 4.81. The van der Waals surface area contributed by atoms with Gasteiger partial charge < -0.3 is 10.2 Å². The van der Waals surface area contributed by atoms with Crippen molar-refractivity contribution in [1.82, 2.24) is 4.98 Å². The highest BCUT2D eigenvalue weighted by Crippen LogP contribution is 2.35. The minimum Gasteiger partial charge on any atom is -0.378 e. The summed E-state index contributed by atoms with van der Waals surface area (Å²) in [6, 6.07) is 15.4. The number of rotatable bonds is 9. The summed E-state index contributed by atoms with van der Waals surface area (Å²) < 4.78 is 1.08. The molecule has 9 heteroatoms. The Kier molecular flexibility index (Phi) is 8.75. The van der Waals surface area contributed by atoms with Gasteiger partial charge in [-0.15, -0.1) is 23.5 Å². The summed E-state index contributed by atoms with van der Waals surface area (Å²) in [6.45, 7) is 0. The lowest BCUT2D eigenvalue weighted by Gasteiger charge is -2.18. The molecular formula is C26H30N4O2S3. The maximum absolute atomic E-state index is 13.3. The number of hydrogen-bond donors (Lipinski definition) is 2. The molecule has 1 aliphatic carbocycles. The molecule has 0 radical (unpaired) electrons. The van der Waals surface area contributed by atoms with Gasteiger partial charge in [0.15, 0.2) is 10.9 Å². The number of benzene rings is 2. The van der Waals surface area contributed by atoms with Gasteiger partial charge in [0, 0.05) is 41.9 Å². The Labute approximate surface area is 219 Å². The van der Waals surface area contributed by atoms with Crippen molar-refractivity contribution in [2.24, 2.45) is 5.92 Å². The average molecular weight is 527 g/mol. The second-order valence-corrected chi connectivity index (χ2v) is 11.7. The van der Waals surface area contributed by atoms with Crippen LogP contribution in [0, 0.1) is 5.92 Å². The zero-order valence-corrected chi connectivity index (χ0v) is 22.6. The molecule has 1 aliphatic rings. The Morgan fingerprint density at radius 2 is 1.83 bits per heavy atom. The zero-order valence-electron chi connectivity index (χ0n) is 20.2. The molecule has 2 amide bonds. The Hall–Kier alpha value is -2.49. The molecule has 0 bridgehead atoms. The summed E-state index contributed by atoms with van der Waals surface area (Å²) in [7, 11) is 3.89. The molecule has 0 unspecified atom stereocenters. The SMILES string of the molecule is CSc1sc(NC(=O)Nc2ccc(N(C)C)cc2C(=O)C2CCCC2)nc1CSc1ccccc1. The van der Waals surface area contributed by atoms with Crippen molar-refractivity contribution in [2.45, 2.75) is 40.5 Å². The van der Waals surface area contributed by atoms with Crippen molar-refractivity contribution in [1.29, 1.82) is 0 Å². The third-order valence-electron chi connectivity index (χ3n) is 5.95. The number of aromatic nitrogens is 1. The smallest absolute Gasteiger partial charge is 0.325 e. The van der Waals surface area contributed by atoms with Crippen molar-refractivity contribution in [3.05, 3.63) is 59.8 Å². The van der Waals surface area contributed by atoms with Crippen molar-refractivity contribution in [3.63, 3.8) is 0 Å². The predicted molar refractivity (Wildman–Crippen MR) is 150 cm³/mol. The first-order valence-electron chi connectivity index (χ1n) is 11.6. The van der Waals surface area contributed by atoms with Crippen molar-refractivity contribution < 1.29 is 9.59 Å². The number of thioether (sulfide) groups is 2. The lowest BCUT2D eigenvalue weighted by atomic mass is 9.94. The van der Waals surface area contributed by atoms with Gasteiger partial charge in [-0.05, 0) is 49.4 Å². The standard InChI is InChI=1S/C26H30N4O2S3/c1-30(2)18-13-14-21(20(15-18)23(31)17-9-7-8-10-17)27-25(32)29-26-28-22(24(33-3)35-26)16-34-19-11-5-4-6-12-19/h4-6,11-15,17H,7-10,16H2,1-3H3,(H2,27,28,29,32). The molecule has 0 spiro atoms. The van der Waals surface area contributed by atoms with E-state index in [2.05, 4.69) is 27.8 Å². The molecular weight excluding hydrogens is 497 g/mol. The van der Waals surface area contributed by atoms with Crippen LogP contribution in [0.15, 0.2) is 57.6 Å². The summed E-state index contributed by atoms with van der Waals surface area (Å²) in [6.07, 6.45) is 6.01. The van der Waals surface area contributed by atoms with Crippen molar-refractivity contribution in [3.8, 4) is 0 Å². The first kappa shape index (κ1) is 25.6. The summed E-state index contributed by atoms with van der Waals surface area (Å²) in [5, 5.41) is 6.31. The third-order valence-corrected chi connectivity index (χ3v) is 9.13. The second kappa shape index (κ2) is 12.0. The number of nitrogens with one attached hydrogen (secondary N) is 2. The number of urea groups is 1. The second-order valence-electron chi connectivity index (χ2n) is 8.61. The molecule has 0 aliphatic heterocycles. The Morgan fingerprint density at radius 1 is 1.09 bits per heavy atom. The Morgan fingerprint density at radius 3 is 2.51 bits per heavy atom. The highest BCUT2D eigenvalue weighted by atomic mass is 32.2. The molecule has 35 heavy (non-hydrogen) atoms. The number of Topliss-reactive ketones (excluding diaryl/α,β-unsaturated/α-hetero) is 1. The number of ketones is 1. The van der Waals surface area contributed by atoms with Crippen LogP contribution in [-0.4, -0.2) is 37.1 Å². The number of carbonyl (C=O) groups excluding carboxylic acids is 2. The van der Waals surface area contributed by atoms with Crippen LogP contribution in [0.4, 0.5) is 21.3 Å². The maximum Gasteiger partial charge on any atom is 0.325 e. The number of hydrogen-bond acceptors (Lipinski definition) is 7. The van der Waals surface area contributed by atoms with Gasteiger partial charge in [-0.2, -0.15) is 0 Å². The largest absolute Gasteiger partial charge is 0.378 e. The van der Waals surface area contributed by atoms with E-state index in [1.807, 2.05) is 61.6 Å². The fraction of sp³-hybridized carbons (Fsp3) is 0.346. The maximum atomic E-state index is 13.3. The van der Waals surface area contributed by atoms with Gasteiger partial charge in [0.2, 0.25) is 0 Å². The fourth-order valence-electron chi connectivity index (χ4n) is 4.09. The van der Waals surface area contributed by atoms with Crippen LogP contribution < -0.4 is 15.5 Å². The fourth-order valence-corrected chi connectivity index (χ4v) is 6.77. The lowest BCUT2D eigenvalue weighted by Crippen LogP contribution is -2.22. The highest BCUT2D eigenvalue weighted by Gasteiger charge is 2.26. The van der Waals surface area contributed by atoms with Gasteiger partial charge in [0.25, 0.3) is 0 Å². The molecule has 6 nitrogen and oxygen atoms in total. The monoisotopic (exact) mass is 526 g/mol. The van der Waals surface area contributed by atoms with Crippen molar-refractivity contribution in [2.75, 3.05) is 35.9 Å². The van der Waals surface area contributed by atoms with Gasteiger partial charge in [0.1, 0.15) is 0 Å². The van der Waals surface area contributed by atoms with Crippen LogP contribution in [0.5, 0.6) is 0 Å². The highest BCUT2D eigenvalue weighted by molar-refractivity contribution is 8.01. The van der Waals surface area contributed by atoms with E-state index in [-0.39, 0.29) is 11.7 Å². The summed E-state index contributed by atoms with van der Waals surface area (Å²) in [5.41, 5.74) is 3.00. The van der Waals surface area contributed by atoms with Crippen LogP contribution in [-0.2, 0) is 5.75 Å². The molecule has 2 aromatic carbocycles. The predicted octanol–water partition coefficient (Wildman–Crippen LogP) is 7.24. The summed E-state index contributed by atoms with van der Waals surface area (Å²) in [4.78, 5) is 34.0. The van der Waals surface area contributed by atoms with E-state index in [1.54, 1.807) is 23.5 Å². The van der Waals surface area contributed by atoms with Gasteiger partial charge in [-0.1, -0.05) is 42.4 Å². The molecule has 4 rings (SSSR count). The summed E-state index contributed by atoms with van der Waals surface area (Å²) in [5.74, 6) is 0.871. The van der Waals surface area contributed by atoms with Gasteiger partial charge in [0.05, 0.1) is 15.6 Å². The topological polar surface area (TPSA) is 74.3 Å². The Balaban J connectivity index is 1.47. The van der Waals surface area contributed by atoms with Crippen LogP contribution in [0.1, 0.15) is 41.7 Å². The number of amides is 2. The molecule has 0 saturated heterocycles. The molecule has 1 heterocycles. The van der Waals surface area contributed by atoms with E-state index in [1.165, 1.54) is 16.2 Å². The molecule has 0 atom stereocenters. The van der Waals surface area contributed by atoms with Gasteiger partial charge in [-0.3, -0.25) is 10.1 Å². The molecule has 3 aromatic rings. The average Bonchev–Trinajstić information content (AvgIpc) is 3.53. The Bertz CT molecular complexity index is 1170. The van der Waals surface area contributed by atoms with Gasteiger partial charge in [-0.25, -0.2) is 9.78 Å². The van der Waals surface area contributed by atoms with E-state index in [0.29, 0.717) is 16.4 Å². The molecule has 184 valence electrons. The zero-order chi connectivity index (χ0) is 24.8. The number of thiazole rings is 1. The lowest BCUT2D eigenvalue weighted by molar-refractivity contribution is 0.0924. The van der Waals surface area contributed by atoms with Crippen LogP contribution in [0.2, 0.25) is 0 Å². The van der Waals surface area contributed by atoms with Crippen LogP contribution in [0.3, 0.4) is 0 Å². The minimum atomic E-state index is -0.397. The van der Waals surface area contributed by atoms with Crippen LogP contribution >= 0.6 is 34.9 Å².